The third kappa shape index (κ3) is 2.85. The molecule has 0 unspecified atom stereocenters. The molecule has 0 atom stereocenters. The number of nitrogens with two attached hydrogens (primary N) is 1. The van der Waals surface area contributed by atoms with Crippen LogP contribution in [0.25, 0.3) is 0 Å². The van der Waals surface area contributed by atoms with Crippen LogP contribution in [0.2, 0.25) is 0 Å². The Balaban J connectivity index is 1.98. The second kappa shape index (κ2) is 5.31. The van der Waals surface area contributed by atoms with E-state index >= 15 is 0 Å². The molecular formula is C12H20N4O. The molecule has 1 aliphatic rings. The molecule has 94 valence electrons. The lowest BCUT2D eigenvalue weighted by atomic mass is 9.99. The highest BCUT2D eigenvalue weighted by molar-refractivity contribution is 5.92. The van der Waals surface area contributed by atoms with Crippen molar-refractivity contribution >= 4 is 5.91 Å². The number of nitrogens with zero attached hydrogens (tertiary/aromatic N) is 3. The van der Waals surface area contributed by atoms with Gasteiger partial charge in [-0.05, 0) is 18.8 Å². The van der Waals surface area contributed by atoms with Crippen molar-refractivity contribution in [3.8, 4) is 0 Å². The lowest BCUT2D eigenvalue weighted by Gasteiger charge is -2.29. The highest BCUT2D eigenvalue weighted by Crippen LogP contribution is 2.17. The molecule has 0 aromatic carbocycles. The number of carbonyl (C=O) groups excluding carboxylic acids is 1. The molecule has 0 radical (unpaired) electrons. The van der Waals surface area contributed by atoms with Crippen LogP contribution in [0.5, 0.6) is 0 Å². The SMILES string of the molecule is CC1CCN(C(=O)c2cn(CCN)cn2)CC1. The van der Waals surface area contributed by atoms with Crippen molar-refractivity contribution in [3.63, 3.8) is 0 Å². The third-order valence-corrected chi connectivity index (χ3v) is 3.31. The van der Waals surface area contributed by atoms with Crippen molar-refractivity contribution in [2.45, 2.75) is 26.3 Å². The summed E-state index contributed by atoms with van der Waals surface area (Å²) in [5, 5.41) is 0. The second-order valence-electron chi connectivity index (χ2n) is 4.76. The fourth-order valence-electron chi connectivity index (χ4n) is 2.12. The maximum Gasteiger partial charge on any atom is 0.274 e. The minimum atomic E-state index is 0.0488. The summed E-state index contributed by atoms with van der Waals surface area (Å²) in [6, 6.07) is 0. The first-order valence-corrected chi connectivity index (χ1v) is 6.22. The van der Waals surface area contributed by atoms with E-state index in [1.807, 2.05) is 9.47 Å². The molecular weight excluding hydrogens is 216 g/mol. The van der Waals surface area contributed by atoms with Gasteiger partial charge in [0.1, 0.15) is 5.69 Å². The minimum Gasteiger partial charge on any atom is -0.337 e. The molecule has 0 bridgehead atoms. The lowest BCUT2D eigenvalue weighted by molar-refractivity contribution is 0.0691. The van der Waals surface area contributed by atoms with Crippen LogP contribution in [-0.4, -0.2) is 40.0 Å². The molecule has 2 N–H and O–H groups in total. The molecule has 1 aromatic rings. The summed E-state index contributed by atoms with van der Waals surface area (Å²) < 4.78 is 1.86. The number of aromatic nitrogens is 2. The van der Waals surface area contributed by atoms with E-state index in [2.05, 4.69) is 11.9 Å². The Morgan fingerprint density at radius 1 is 1.53 bits per heavy atom. The Morgan fingerprint density at radius 3 is 2.88 bits per heavy atom. The average molecular weight is 236 g/mol. The summed E-state index contributed by atoms with van der Waals surface area (Å²) in [6.07, 6.45) is 5.64. The van der Waals surface area contributed by atoms with Crippen molar-refractivity contribution in [1.82, 2.24) is 14.5 Å². The molecule has 1 aromatic heterocycles. The number of piperidine rings is 1. The number of carbonyl (C=O) groups is 1. The van der Waals surface area contributed by atoms with E-state index < -0.39 is 0 Å². The van der Waals surface area contributed by atoms with Gasteiger partial charge in [0.25, 0.3) is 5.91 Å². The minimum absolute atomic E-state index is 0.0488. The summed E-state index contributed by atoms with van der Waals surface area (Å²) in [5.74, 6) is 0.779. The molecule has 0 spiro atoms. The van der Waals surface area contributed by atoms with Crippen molar-refractivity contribution in [2.24, 2.45) is 11.7 Å². The predicted octanol–water partition coefficient (Wildman–Crippen LogP) is 0.714. The summed E-state index contributed by atoms with van der Waals surface area (Å²) in [5.41, 5.74) is 6.00. The van der Waals surface area contributed by atoms with Gasteiger partial charge in [0.2, 0.25) is 0 Å². The zero-order valence-corrected chi connectivity index (χ0v) is 10.3. The van der Waals surface area contributed by atoms with E-state index in [0.717, 1.165) is 31.8 Å². The standard InChI is InChI=1S/C12H20N4O/c1-10-2-5-16(6-3-10)12(17)11-8-15(7-4-13)9-14-11/h8-10H,2-7,13H2,1H3. The third-order valence-electron chi connectivity index (χ3n) is 3.31. The zero-order chi connectivity index (χ0) is 12.3. The molecule has 5 nitrogen and oxygen atoms in total. The van der Waals surface area contributed by atoms with Gasteiger partial charge in [0.15, 0.2) is 0 Å². The molecule has 1 aliphatic heterocycles. The van der Waals surface area contributed by atoms with Crippen LogP contribution in [0.3, 0.4) is 0 Å². The summed E-state index contributed by atoms with van der Waals surface area (Å²) >= 11 is 0. The normalized spacial score (nSPS) is 17.4. The van der Waals surface area contributed by atoms with Crippen LogP contribution in [-0.2, 0) is 6.54 Å². The quantitative estimate of drug-likeness (QED) is 0.840. The van der Waals surface area contributed by atoms with E-state index in [1.165, 1.54) is 0 Å². The number of hydrogen-bond donors (Lipinski definition) is 1. The second-order valence-corrected chi connectivity index (χ2v) is 4.76. The smallest absolute Gasteiger partial charge is 0.274 e. The van der Waals surface area contributed by atoms with Crippen LogP contribution in [0, 0.1) is 5.92 Å². The first kappa shape index (κ1) is 12.1. The van der Waals surface area contributed by atoms with Gasteiger partial charge in [-0.25, -0.2) is 4.98 Å². The van der Waals surface area contributed by atoms with E-state index in [-0.39, 0.29) is 5.91 Å². The van der Waals surface area contributed by atoms with Crippen LogP contribution >= 0.6 is 0 Å². The summed E-state index contributed by atoms with van der Waals surface area (Å²) in [7, 11) is 0. The number of likely N-dealkylation sites (tertiary alicyclic amines) is 1. The van der Waals surface area contributed by atoms with Crippen molar-refractivity contribution < 1.29 is 4.79 Å². The van der Waals surface area contributed by atoms with Crippen LogP contribution in [0.4, 0.5) is 0 Å². The van der Waals surface area contributed by atoms with Gasteiger partial charge in [-0.1, -0.05) is 6.92 Å². The Morgan fingerprint density at radius 2 is 2.24 bits per heavy atom. The van der Waals surface area contributed by atoms with Gasteiger partial charge in [0, 0.05) is 32.4 Å². The van der Waals surface area contributed by atoms with Gasteiger partial charge < -0.3 is 15.2 Å². The van der Waals surface area contributed by atoms with E-state index in [4.69, 9.17) is 5.73 Å². The molecule has 1 saturated heterocycles. The van der Waals surface area contributed by atoms with Gasteiger partial charge in [-0.15, -0.1) is 0 Å². The maximum atomic E-state index is 12.1. The van der Waals surface area contributed by atoms with Crippen LogP contribution in [0.1, 0.15) is 30.3 Å². The summed E-state index contributed by atoms with van der Waals surface area (Å²) in [4.78, 5) is 18.2. The molecule has 2 rings (SSSR count). The lowest BCUT2D eigenvalue weighted by Crippen LogP contribution is -2.38. The van der Waals surface area contributed by atoms with Crippen LogP contribution < -0.4 is 5.73 Å². The molecule has 1 amide bonds. The Hall–Kier alpha value is -1.36. The van der Waals surface area contributed by atoms with Crippen LogP contribution in [0.15, 0.2) is 12.5 Å². The van der Waals surface area contributed by atoms with Gasteiger partial charge in [0.05, 0.1) is 6.33 Å². The molecule has 2 heterocycles. The predicted molar refractivity (Wildman–Crippen MR) is 65.6 cm³/mol. The van der Waals surface area contributed by atoms with Gasteiger partial charge in [-0.2, -0.15) is 0 Å². The van der Waals surface area contributed by atoms with Gasteiger partial charge in [-0.3, -0.25) is 4.79 Å². The number of rotatable bonds is 3. The highest BCUT2D eigenvalue weighted by Gasteiger charge is 2.22. The van der Waals surface area contributed by atoms with Crippen molar-refractivity contribution in [3.05, 3.63) is 18.2 Å². The molecule has 5 heteroatoms. The number of amides is 1. The topological polar surface area (TPSA) is 64.2 Å². The molecule has 0 aliphatic carbocycles. The van der Waals surface area contributed by atoms with Crippen molar-refractivity contribution in [1.29, 1.82) is 0 Å². The summed E-state index contributed by atoms with van der Waals surface area (Å²) in [6.45, 7) is 5.20. The van der Waals surface area contributed by atoms with Gasteiger partial charge >= 0.3 is 0 Å². The fraction of sp³-hybridized carbons (Fsp3) is 0.667. The van der Waals surface area contributed by atoms with Crippen molar-refractivity contribution in [2.75, 3.05) is 19.6 Å². The highest BCUT2D eigenvalue weighted by atomic mass is 16.2. The molecule has 0 saturated carbocycles. The number of hydrogen-bond acceptors (Lipinski definition) is 3. The first-order chi connectivity index (χ1) is 8.20. The van der Waals surface area contributed by atoms with E-state index in [0.29, 0.717) is 18.8 Å². The fourth-order valence-corrected chi connectivity index (χ4v) is 2.12. The Bertz CT molecular complexity index is 380. The van der Waals surface area contributed by atoms with E-state index in [9.17, 15) is 4.79 Å². The monoisotopic (exact) mass is 236 g/mol. The first-order valence-electron chi connectivity index (χ1n) is 6.22. The molecule has 1 fully saturated rings. The zero-order valence-electron chi connectivity index (χ0n) is 10.3. The Labute approximate surface area is 102 Å². The maximum absolute atomic E-state index is 12.1. The Kier molecular flexibility index (Phi) is 3.78. The largest absolute Gasteiger partial charge is 0.337 e. The number of imidazole rings is 1. The average Bonchev–Trinajstić information content (AvgIpc) is 2.78. The molecule has 17 heavy (non-hydrogen) atoms. The van der Waals surface area contributed by atoms with E-state index in [1.54, 1.807) is 12.5 Å².